The van der Waals surface area contributed by atoms with E-state index in [2.05, 4.69) is 20.2 Å². The average Bonchev–Trinajstić information content (AvgIpc) is 2.63. The number of carbonyl (C=O) groups is 1. The van der Waals surface area contributed by atoms with Crippen molar-refractivity contribution in [1.29, 1.82) is 0 Å². The van der Waals surface area contributed by atoms with Crippen molar-refractivity contribution in [3.63, 3.8) is 0 Å². The lowest BCUT2D eigenvalue weighted by molar-refractivity contribution is 0.103. The molecule has 2 aromatic heterocycles. The first kappa shape index (κ1) is 16.1. The van der Waals surface area contributed by atoms with E-state index in [1.54, 1.807) is 18.3 Å². The first-order chi connectivity index (χ1) is 11.7. The van der Waals surface area contributed by atoms with Crippen LogP contribution in [0.15, 0.2) is 36.5 Å². The van der Waals surface area contributed by atoms with Crippen LogP contribution in [0, 0.1) is 0 Å². The first-order valence-electron chi connectivity index (χ1n) is 8.05. The van der Waals surface area contributed by atoms with Crippen LogP contribution >= 0.6 is 0 Å². The van der Waals surface area contributed by atoms with Crippen molar-refractivity contribution in [3.05, 3.63) is 53.4 Å². The summed E-state index contributed by atoms with van der Waals surface area (Å²) < 4.78 is 0. The molecule has 24 heavy (non-hydrogen) atoms. The molecule has 0 aliphatic carbocycles. The number of rotatable bonds is 4. The third-order valence-electron chi connectivity index (χ3n) is 4.00. The van der Waals surface area contributed by atoms with Gasteiger partial charge in [0.25, 0.3) is 0 Å². The summed E-state index contributed by atoms with van der Waals surface area (Å²) in [5.41, 5.74) is 7.44. The number of nitrogens with two attached hydrogens (primary N) is 1. The maximum Gasteiger partial charge on any atom is 0.215 e. The molecule has 6 heteroatoms. The van der Waals surface area contributed by atoms with E-state index in [0.29, 0.717) is 11.3 Å². The molecule has 1 fully saturated rings. The maximum absolute atomic E-state index is 13.0. The molecule has 3 N–H and O–H groups in total. The second-order valence-corrected chi connectivity index (χ2v) is 5.61. The topological polar surface area (TPSA) is 84.1 Å². The van der Waals surface area contributed by atoms with Gasteiger partial charge in [-0.25, -0.2) is 9.97 Å². The molecule has 0 amide bonds. The van der Waals surface area contributed by atoms with Crippen molar-refractivity contribution in [1.82, 2.24) is 15.3 Å². The lowest BCUT2D eigenvalue weighted by Crippen LogP contribution is -2.44. The van der Waals surface area contributed by atoms with Crippen molar-refractivity contribution in [2.75, 3.05) is 36.8 Å². The van der Waals surface area contributed by atoms with Crippen molar-refractivity contribution in [2.45, 2.75) is 6.92 Å². The molecule has 0 atom stereocenters. The molecule has 124 valence electrons. The fourth-order valence-corrected chi connectivity index (χ4v) is 2.76. The normalized spacial score (nSPS) is 15.0. The predicted octanol–water partition coefficient (Wildman–Crippen LogP) is 1.73. The van der Waals surface area contributed by atoms with Crippen molar-refractivity contribution in [3.8, 4) is 0 Å². The Hall–Kier alpha value is -2.73. The quantitative estimate of drug-likeness (QED) is 0.834. The van der Waals surface area contributed by atoms with Gasteiger partial charge < -0.3 is 16.0 Å². The zero-order valence-electron chi connectivity index (χ0n) is 13.7. The van der Waals surface area contributed by atoms with Gasteiger partial charge in [0.1, 0.15) is 17.3 Å². The Balaban J connectivity index is 2.03. The number of carbonyl (C=O) groups excluding carboxylic acids is 1. The summed E-state index contributed by atoms with van der Waals surface area (Å²) in [4.78, 5) is 23.8. The number of piperazine rings is 1. The highest BCUT2D eigenvalue weighted by molar-refractivity contribution is 6.12. The number of nitrogens with one attached hydrogen (secondary N) is 1. The Morgan fingerprint density at radius 2 is 2.08 bits per heavy atom. The third kappa shape index (κ3) is 3.28. The van der Waals surface area contributed by atoms with Gasteiger partial charge in [-0.2, -0.15) is 0 Å². The number of nitrogens with zero attached hydrogens (tertiary/aromatic N) is 3. The van der Waals surface area contributed by atoms with E-state index in [0.717, 1.165) is 37.6 Å². The second-order valence-electron chi connectivity index (χ2n) is 5.61. The number of allylic oxidation sites excluding steroid dienone is 1. The van der Waals surface area contributed by atoms with Gasteiger partial charge >= 0.3 is 0 Å². The smallest absolute Gasteiger partial charge is 0.215 e. The molecule has 0 unspecified atom stereocenters. The van der Waals surface area contributed by atoms with Gasteiger partial charge in [-0.3, -0.25) is 4.79 Å². The van der Waals surface area contributed by atoms with Crippen LogP contribution in [0.4, 0.5) is 11.6 Å². The summed E-state index contributed by atoms with van der Waals surface area (Å²) in [6, 6.07) is 7.29. The van der Waals surface area contributed by atoms with E-state index < -0.39 is 0 Å². The number of hydrogen-bond donors (Lipinski definition) is 2. The van der Waals surface area contributed by atoms with Crippen LogP contribution in [0.2, 0.25) is 0 Å². The lowest BCUT2D eigenvalue weighted by Gasteiger charge is -2.28. The van der Waals surface area contributed by atoms with E-state index in [-0.39, 0.29) is 11.6 Å². The van der Waals surface area contributed by atoms with Crippen LogP contribution in [-0.2, 0) is 0 Å². The Bertz CT molecular complexity index is 766. The Morgan fingerprint density at radius 1 is 1.29 bits per heavy atom. The number of nitrogen functional groups attached to an aromatic ring is 1. The molecular formula is C18H21N5O. The molecule has 3 rings (SSSR count). The van der Waals surface area contributed by atoms with Gasteiger partial charge in [-0.05, 0) is 31.2 Å². The van der Waals surface area contributed by atoms with Gasteiger partial charge in [0.15, 0.2) is 0 Å². The summed E-state index contributed by atoms with van der Waals surface area (Å²) in [7, 11) is 0. The number of aromatic nitrogens is 2. The van der Waals surface area contributed by atoms with Crippen LogP contribution in [0.25, 0.3) is 6.08 Å². The molecule has 3 heterocycles. The summed E-state index contributed by atoms with van der Waals surface area (Å²) in [5.74, 6) is 0.838. The standard InChI is InChI=1S/C18H21N5O/c1-2-4-13-6-7-15(23-11-9-20-10-12-23)22-16(13)17(24)14-5-3-8-21-18(14)19/h2-8,20H,9-12H2,1H3,(H2,19,21)/b4-2+. The molecular weight excluding hydrogens is 302 g/mol. The third-order valence-corrected chi connectivity index (χ3v) is 4.00. The summed E-state index contributed by atoms with van der Waals surface area (Å²) in [5, 5.41) is 3.31. The maximum atomic E-state index is 13.0. The zero-order chi connectivity index (χ0) is 16.9. The highest BCUT2D eigenvalue weighted by atomic mass is 16.1. The monoisotopic (exact) mass is 323 g/mol. The Kier molecular flexibility index (Phi) is 4.86. The number of hydrogen-bond acceptors (Lipinski definition) is 6. The molecule has 2 aromatic rings. The van der Waals surface area contributed by atoms with Crippen LogP contribution in [0.3, 0.4) is 0 Å². The fourth-order valence-electron chi connectivity index (χ4n) is 2.76. The van der Waals surface area contributed by atoms with Crippen molar-refractivity contribution >= 4 is 23.5 Å². The molecule has 0 aromatic carbocycles. The second kappa shape index (κ2) is 7.23. The average molecular weight is 323 g/mol. The Labute approximate surface area is 141 Å². The molecule has 0 radical (unpaired) electrons. The first-order valence-corrected chi connectivity index (χ1v) is 8.05. The van der Waals surface area contributed by atoms with Crippen LogP contribution < -0.4 is 16.0 Å². The number of ketones is 1. The minimum absolute atomic E-state index is 0.203. The largest absolute Gasteiger partial charge is 0.383 e. The minimum atomic E-state index is -0.203. The molecule has 0 saturated carbocycles. The number of anilines is 2. The Morgan fingerprint density at radius 3 is 2.79 bits per heavy atom. The molecule has 0 bridgehead atoms. The SMILES string of the molecule is C/C=C/c1ccc(N2CCNCC2)nc1C(=O)c1cccnc1N. The predicted molar refractivity (Wildman–Crippen MR) is 96.1 cm³/mol. The lowest BCUT2D eigenvalue weighted by atomic mass is 10.0. The van der Waals surface area contributed by atoms with E-state index in [4.69, 9.17) is 5.73 Å². The zero-order valence-corrected chi connectivity index (χ0v) is 13.7. The van der Waals surface area contributed by atoms with E-state index in [9.17, 15) is 4.79 Å². The van der Waals surface area contributed by atoms with Gasteiger partial charge in [0, 0.05) is 37.9 Å². The van der Waals surface area contributed by atoms with Crippen molar-refractivity contribution < 1.29 is 4.79 Å². The summed E-state index contributed by atoms with van der Waals surface area (Å²) in [6.45, 7) is 5.49. The highest BCUT2D eigenvalue weighted by Crippen LogP contribution is 2.21. The summed E-state index contributed by atoms with van der Waals surface area (Å²) >= 11 is 0. The number of pyridine rings is 2. The van der Waals surface area contributed by atoms with E-state index in [1.165, 1.54) is 0 Å². The molecule has 1 aliphatic heterocycles. The van der Waals surface area contributed by atoms with Crippen LogP contribution in [0.5, 0.6) is 0 Å². The molecule has 0 spiro atoms. The van der Waals surface area contributed by atoms with Gasteiger partial charge in [0.2, 0.25) is 5.78 Å². The van der Waals surface area contributed by atoms with Crippen LogP contribution in [0.1, 0.15) is 28.5 Å². The molecule has 6 nitrogen and oxygen atoms in total. The minimum Gasteiger partial charge on any atom is -0.383 e. The molecule has 1 aliphatic rings. The van der Waals surface area contributed by atoms with Gasteiger partial charge in [0.05, 0.1) is 5.56 Å². The fraction of sp³-hybridized carbons (Fsp3) is 0.278. The van der Waals surface area contributed by atoms with E-state index >= 15 is 0 Å². The highest BCUT2D eigenvalue weighted by Gasteiger charge is 2.20. The van der Waals surface area contributed by atoms with Gasteiger partial charge in [-0.1, -0.05) is 12.2 Å². The molecule has 1 saturated heterocycles. The van der Waals surface area contributed by atoms with Crippen LogP contribution in [-0.4, -0.2) is 41.9 Å². The van der Waals surface area contributed by atoms with E-state index in [1.807, 2.05) is 31.2 Å². The summed E-state index contributed by atoms with van der Waals surface area (Å²) in [6.07, 6.45) is 5.35. The van der Waals surface area contributed by atoms with Gasteiger partial charge in [-0.15, -0.1) is 0 Å². The van der Waals surface area contributed by atoms with Crippen molar-refractivity contribution in [2.24, 2.45) is 0 Å².